The summed E-state index contributed by atoms with van der Waals surface area (Å²) in [4.78, 5) is 23.8. The number of fused-ring (bicyclic) bond motifs is 1. The number of carbonyl (C=O) groups is 2. The van der Waals surface area contributed by atoms with Gasteiger partial charge in [0.15, 0.2) is 5.78 Å². The second-order valence-corrected chi connectivity index (χ2v) is 5.00. The van der Waals surface area contributed by atoms with Crippen molar-refractivity contribution in [2.45, 2.75) is 13.3 Å². The Balaban J connectivity index is 1.97. The fraction of sp³-hybridized carbons (Fsp3) is 0.125. The number of rotatable bonds is 2. The van der Waals surface area contributed by atoms with Gasteiger partial charge in [-0.2, -0.15) is 0 Å². The average Bonchev–Trinajstić information content (AvgIpc) is 2.80. The van der Waals surface area contributed by atoms with Crippen LogP contribution in [0, 0.1) is 6.92 Å². The number of nitrogens with one attached hydrogen (secondary N) is 1. The smallest absolute Gasteiger partial charge is 0.228 e. The van der Waals surface area contributed by atoms with E-state index in [4.69, 9.17) is 5.73 Å². The molecule has 3 N–H and O–H groups in total. The molecule has 100 valence electrons. The zero-order valence-electron chi connectivity index (χ0n) is 11.1. The van der Waals surface area contributed by atoms with Gasteiger partial charge in [0.2, 0.25) is 5.91 Å². The minimum atomic E-state index is -0.0600. The predicted octanol–water partition coefficient (Wildman–Crippen LogP) is 2.30. The fourth-order valence-corrected chi connectivity index (χ4v) is 2.35. The number of carbonyl (C=O) groups excluding carboxylic acids is 2. The Morgan fingerprint density at radius 2 is 1.85 bits per heavy atom. The molecule has 20 heavy (non-hydrogen) atoms. The number of hydrogen-bond donors (Lipinski definition) is 2. The van der Waals surface area contributed by atoms with Crippen LogP contribution in [0.5, 0.6) is 0 Å². The molecule has 1 amide bonds. The van der Waals surface area contributed by atoms with Crippen LogP contribution in [0.25, 0.3) is 0 Å². The van der Waals surface area contributed by atoms with Crippen molar-refractivity contribution < 1.29 is 9.59 Å². The molecule has 1 heterocycles. The van der Waals surface area contributed by atoms with Gasteiger partial charge < -0.3 is 11.1 Å². The van der Waals surface area contributed by atoms with Gasteiger partial charge in [0.25, 0.3) is 0 Å². The van der Waals surface area contributed by atoms with Crippen LogP contribution in [0.15, 0.2) is 36.4 Å². The Labute approximate surface area is 116 Å². The number of benzene rings is 2. The van der Waals surface area contributed by atoms with Crippen molar-refractivity contribution in [3.63, 3.8) is 0 Å². The van der Waals surface area contributed by atoms with E-state index in [-0.39, 0.29) is 11.7 Å². The van der Waals surface area contributed by atoms with Crippen molar-refractivity contribution in [1.82, 2.24) is 0 Å². The second-order valence-electron chi connectivity index (χ2n) is 5.00. The highest BCUT2D eigenvalue weighted by atomic mass is 16.1. The van der Waals surface area contributed by atoms with Crippen molar-refractivity contribution in [3.8, 4) is 0 Å². The van der Waals surface area contributed by atoms with E-state index in [0.29, 0.717) is 23.2 Å². The molecule has 0 saturated carbocycles. The normalized spacial score (nSPS) is 12.9. The molecule has 0 aromatic heterocycles. The molecule has 4 nitrogen and oxygen atoms in total. The van der Waals surface area contributed by atoms with E-state index in [1.807, 2.05) is 6.92 Å². The Morgan fingerprint density at radius 1 is 1.15 bits per heavy atom. The molecular weight excluding hydrogens is 252 g/mol. The van der Waals surface area contributed by atoms with Gasteiger partial charge in [0.1, 0.15) is 0 Å². The third kappa shape index (κ3) is 2.05. The lowest BCUT2D eigenvalue weighted by Crippen LogP contribution is -2.03. The molecule has 0 fully saturated rings. The summed E-state index contributed by atoms with van der Waals surface area (Å²) in [6.07, 6.45) is 0.331. The Morgan fingerprint density at radius 3 is 2.60 bits per heavy atom. The first-order valence-electron chi connectivity index (χ1n) is 6.38. The van der Waals surface area contributed by atoms with E-state index in [1.165, 1.54) is 0 Å². The quantitative estimate of drug-likeness (QED) is 0.647. The highest BCUT2D eigenvalue weighted by Gasteiger charge is 2.19. The topological polar surface area (TPSA) is 72.2 Å². The van der Waals surface area contributed by atoms with Gasteiger partial charge in [-0.3, -0.25) is 9.59 Å². The van der Waals surface area contributed by atoms with Crippen molar-refractivity contribution in [2.75, 3.05) is 11.1 Å². The van der Waals surface area contributed by atoms with E-state index >= 15 is 0 Å². The highest BCUT2D eigenvalue weighted by molar-refractivity contribution is 6.10. The summed E-state index contributed by atoms with van der Waals surface area (Å²) in [5.74, 6) is -0.0943. The maximum absolute atomic E-state index is 12.4. The monoisotopic (exact) mass is 266 g/mol. The van der Waals surface area contributed by atoms with Crippen molar-refractivity contribution in [1.29, 1.82) is 0 Å². The lowest BCUT2D eigenvalue weighted by Gasteiger charge is -2.06. The molecule has 1 aliphatic rings. The van der Waals surface area contributed by atoms with Crippen LogP contribution in [0.1, 0.15) is 27.0 Å². The predicted molar refractivity (Wildman–Crippen MR) is 77.8 cm³/mol. The van der Waals surface area contributed by atoms with Crippen LogP contribution in [-0.4, -0.2) is 11.7 Å². The van der Waals surface area contributed by atoms with Gasteiger partial charge in [-0.25, -0.2) is 0 Å². The Hall–Kier alpha value is -2.62. The maximum atomic E-state index is 12.4. The molecule has 0 unspecified atom stereocenters. The molecule has 0 saturated heterocycles. The fourth-order valence-electron chi connectivity index (χ4n) is 2.35. The van der Waals surface area contributed by atoms with Crippen molar-refractivity contribution in [3.05, 3.63) is 58.7 Å². The van der Waals surface area contributed by atoms with E-state index in [1.54, 1.807) is 36.4 Å². The number of aryl methyl sites for hydroxylation is 1. The minimum Gasteiger partial charge on any atom is -0.399 e. The minimum absolute atomic E-state index is 0.0343. The van der Waals surface area contributed by atoms with E-state index < -0.39 is 0 Å². The third-order valence-corrected chi connectivity index (χ3v) is 3.52. The highest BCUT2D eigenvalue weighted by Crippen LogP contribution is 2.25. The van der Waals surface area contributed by atoms with Gasteiger partial charge in [0.05, 0.1) is 6.42 Å². The van der Waals surface area contributed by atoms with Gasteiger partial charge >= 0.3 is 0 Å². The number of nitrogen functional groups attached to an aromatic ring is 1. The number of anilines is 2. The summed E-state index contributed by atoms with van der Waals surface area (Å²) in [6, 6.07) is 10.5. The van der Waals surface area contributed by atoms with Gasteiger partial charge in [-0.15, -0.1) is 0 Å². The van der Waals surface area contributed by atoms with Crippen molar-refractivity contribution in [2.24, 2.45) is 0 Å². The Bertz CT molecular complexity index is 735. The van der Waals surface area contributed by atoms with Crippen LogP contribution >= 0.6 is 0 Å². The van der Waals surface area contributed by atoms with Crippen LogP contribution < -0.4 is 11.1 Å². The average molecular weight is 266 g/mol. The van der Waals surface area contributed by atoms with Gasteiger partial charge in [-0.1, -0.05) is 0 Å². The zero-order chi connectivity index (χ0) is 14.3. The molecule has 3 rings (SSSR count). The number of amides is 1. The molecule has 1 aliphatic heterocycles. The van der Waals surface area contributed by atoms with Crippen LogP contribution in [0.3, 0.4) is 0 Å². The van der Waals surface area contributed by atoms with Crippen LogP contribution in [-0.2, 0) is 11.2 Å². The summed E-state index contributed by atoms with van der Waals surface area (Å²) in [6.45, 7) is 1.87. The molecule has 2 aromatic rings. The van der Waals surface area contributed by atoms with Crippen LogP contribution in [0.2, 0.25) is 0 Å². The van der Waals surface area contributed by atoms with Crippen LogP contribution in [0.4, 0.5) is 11.4 Å². The SMILES string of the molecule is Cc1cc(C(=O)c2ccc3c(c2)CC(=O)N3)ccc1N. The molecule has 0 aliphatic carbocycles. The van der Waals surface area contributed by atoms with E-state index in [0.717, 1.165) is 16.8 Å². The largest absolute Gasteiger partial charge is 0.399 e. The lowest BCUT2D eigenvalue weighted by molar-refractivity contribution is -0.115. The van der Waals surface area contributed by atoms with E-state index in [2.05, 4.69) is 5.32 Å². The molecule has 0 spiro atoms. The van der Waals surface area contributed by atoms with E-state index in [9.17, 15) is 9.59 Å². The maximum Gasteiger partial charge on any atom is 0.228 e. The summed E-state index contributed by atoms with van der Waals surface area (Å²) < 4.78 is 0. The second kappa shape index (κ2) is 4.49. The number of nitrogens with two attached hydrogens (primary N) is 1. The standard InChI is InChI=1S/C16H14N2O2/c1-9-6-10(2-4-13(9)17)16(20)11-3-5-14-12(7-11)8-15(19)18-14/h2-7H,8,17H2,1H3,(H,18,19). The number of hydrogen-bond acceptors (Lipinski definition) is 3. The molecular formula is C16H14N2O2. The lowest BCUT2D eigenvalue weighted by atomic mass is 9.98. The molecule has 2 aromatic carbocycles. The molecule has 0 bridgehead atoms. The molecule has 0 radical (unpaired) electrons. The zero-order valence-corrected chi connectivity index (χ0v) is 11.1. The Kier molecular flexibility index (Phi) is 2.79. The van der Waals surface area contributed by atoms with Gasteiger partial charge in [-0.05, 0) is 54.4 Å². The number of ketones is 1. The summed E-state index contributed by atoms with van der Waals surface area (Å²) in [5, 5.41) is 2.75. The first-order valence-corrected chi connectivity index (χ1v) is 6.38. The first kappa shape index (κ1) is 12.4. The summed E-state index contributed by atoms with van der Waals surface area (Å²) in [7, 11) is 0. The molecule has 4 heteroatoms. The first-order chi connectivity index (χ1) is 9.54. The van der Waals surface area contributed by atoms with Gasteiger partial charge in [0, 0.05) is 22.5 Å². The van der Waals surface area contributed by atoms with Crippen molar-refractivity contribution >= 4 is 23.1 Å². The molecule has 0 atom stereocenters. The summed E-state index contributed by atoms with van der Waals surface area (Å²) >= 11 is 0. The summed E-state index contributed by atoms with van der Waals surface area (Å²) in [5.41, 5.74) is 10.2. The third-order valence-electron chi connectivity index (χ3n) is 3.52.